The summed E-state index contributed by atoms with van der Waals surface area (Å²) in [7, 11) is 2.57. The minimum absolute atomic E-state index is 0.0909. The van der Waals surface area contributed by atoms with Crippen molar-refractivity contribution >= 4 is 38.5 Å². The van der Waals surface area contributed by atoms with Crippen molar-refractivity contribution in [3.63, 3.8) is 0 Å². The average Bonchev–Trinajstić information content (AvgIpc) is 3.33. The Morgan fingerprint density at radius 2 is 1.68 bits per heavy atom. The van der Waals surface area contributed by atoms with Crippen LogP contribution in [0.5, 0.6) is 5.75 Å². The minimum Gasteiger partial charge on any atom is -0.496 e. The lowest BCUT2D eigenvalue weighted by molar-refractivity contribution is 0.0221. The number of hydrogen-bond acceptors (Lipinski definition) is 8. The van der Waals surface area contributed by atoms with E-state index in [1.54, 1.807) is 57.2 Å². The molecule has 0 bridgehead atoms. The second kappa shape index (κ2) is 11.6. The normalized spacial score (nSPS) is 17.4. The molecule has 1 aliphatic heterocycles. The Balaban J connectivity index is 1.69. The molecule has 0 aromatic heterocycles. The number of likely N-dealkylation sites (tertiary alicyclic amines) is 1. The van der Waals surface area contributed by atoms with Crippen molar-refractivity contribution in [3.05, 3.63) is 65.7 Å². The Labute approximate surface area is 241 Å². The Morgan fingerprint density at radius 3 is 2.32 bits per heavy atom. The lowest BCUT2D eigenvalue weighted by Crippen LogP contribution is -2.40. The molecule has 1 aliphatic rings. The fraction of sp³-hybridized carbons (Fsp3) is 0.400. The van der Waals surface area contributed by atoms with Gasteiger partial charge in [0, 0.05) is 43.1 Å². The number of anilines is 1. The third-order valence-corrected chi connectivity index (χ3v) is 8.48. The van der Waals surface area contributed by atoms with Crippen LogP contribution in [0.25, 0.3) is 10.8 Å². The first-order valence-electron chi connectivity index (χ1n) is 13.2. The second-order valence-electron chi connectivity index (χ2n) is 11.2. The van der Waals surface area contributed by atoms with E-state index >= 15 is 0 Å². The Morgan fingerprint density at radius 1 is 1.00 bits per heavy atom. The van der Waals surface area contributed by atoms with Crippen LogP contribution in [-0.2, 0) is 19.5 Å². The molecule has 0 radical (unpaired) electrons. The highest BCUT2D eigenvalue weighted by atomic mass is 32.2. The standard InChI is InChI=1S/C30H37N3O7S/c1-30(2,3)40-29(35)33-18-20(17-25(33)19-14-15-23(28(34)39-7)26(16-19)38-6)31-41(36,37)27-13-9-10-21-22(27)11-8-12-24(21)32(4)5/h8-16,20,25,31H,17-18H2,1-7H3/t20-,25-/m0/s1. The fourth-order valence-corrected chi connectivity index (χ4v) is 6.59. The number of carbonyl (C=O) groups excluding carboxylic acids is 2. The monoisotopic (exact) mass is 583 g/mol. The van der Waals surface area contributed by atoms with E-state index in [2.05, 4.69) is 4.72 Å². The number of benzene rings is 3. The van der Waals surface area contributed by atoms with Crippen molar-refractivity contribution in [2.24, 2.45) is 0 Å². The van der Waals surface area contributed by atoms with Crippen LogP contribution >= 0.6 is 0 Å². The summed E-state index contributed by atoms with van der Waals surface area (Å²) in [4.78, 5) is 29.1. The number of methoxy groups -OCH3 is 2. The number of fused-ring (bicyclic) bond motifs is 1. The molecule has 0 aliphatic carbocycles. The molecule has 220 valence electrons. The van der Waals surface area contributed by atoms with Gasteiger partial charge >= 0.3 is 12.1 Å². The number of nitrogens with one attached hydrogen (secondary N) is 1. The second-order valence-corrected chi connectivity index (χ2v) is 12.9. The fourth-order valence-electron chi connectivity index (χ4n) is 5.13. The van der Waals surface area contributed by atoms with Gasteiger partial charge in [0.25, 0.3) is 0 Å². The van der Waals surface area contributed by atoms with E-state index in [4.69, 9.17) is 14.2 Å². The highest BCUT2D eigenvalue weighted by Crippen LogP contribution is 2.37. The number of amides is 1. The van der Waals surface area contributed by atoms with Crippen molar-refractivity contribution in [3.8, 4) is 5.75 Å². The summed E-state index contributed by atoms with van der Waals surface area (Å²) in [6.45, 7) is 5.40. The number of nitrogens with zero attached hydrogens (tertiary/aromatic N) is 2. The predicted octanol–water partition coefficient (Wildman–Crippen LogP) is 4.73. The van der Waals surface area contributed by atoms with E-state index in [0.29, 0.717) is 10.9 Å². The van der Waals surface area contributed by atoms with E-state index in [1.807, 2.05) is 37.2 Å². The molecule has 1 N–H and O–H groups in total. The topological polar surface area (TPSA) is 114 Å². The molecule has 10 nitrogen and oxygen atoms in total. The van der Waals surface area contributed by atoms with Crippen molar-refractivity contribution in [2.45, 2.75) is 49.8 Å². The summed E-state index contributed by atoms with van der Waals surface area (Å²) < 4.78 is 46.3. The minimum atomic E-state index is -3.97. The summed E-state index contributed by atoms with van der Waals surface area (Å²) in [5, 5.41) is 1.42. The van der Waals surface area contributed by atoms with Crippen LogP contribution < -0.4 is 14.4 Å². The van der Waals surface area contributed by atoms with Crippen molar-refractivity contribution in [1.29, 1.82) is 0 Å². The van der Waals surface area contributed by atoms with Gasteiger partial charge in [0.1, 0.15) is 16.9 Å². The number of rotatable bonds is 7. The molecule has 11 heteroatoms. The zero-order valence-electron chi connectivity index (χ0n) is 24.4. The van der Waals surface area contributed by atoms with Gasteiger partial charge in [-0.2, -0.15) is 0 Å². The molecule has 3 aromatic carbocycles. The van der Waals surface area contributed by atoms with Gasteiger partial charge in [0.15, 0.2) is 0 Å². The molecule has 1 heterocycles. The number of sulfonamides is 1. The quantitative estimate of drug-likeness (QED) is 0.397. The van der Waals surface area contributed by atoms with Gasteiger partial charge < -0.3 is 19.1 Å². The van der Waals surface area contributed by atoms with Gasteiger partial charge in [-0.15, -0.1) is 0 Å². The van der Waals surface area contributed by atoms with Gasteiger partial charge in [-0.05, 0) is 57.0 Å². The van der Waals surface area contributed by atoms with Gasteiger partial charge in [-0.1, -0.05) is 30.3 Å². The zero-order valence-corrected chi connectivity index (χ0v) is 25.2. The third kappa shape index (κ3) is 6.41. The first kappa shape index (κ1) is 30.1. The van der Waals surface area contributed by atoms with E-state index in [9.17, 15) is 18.0 Å². The lowest BCUT2D eigenvalue weighted by atomic mass is 10.0. The maximum Gasteiger partial charge on any atom is 0.410 e. The molecule has 41 heavy (non-hydrogen) atoms. The number of ether oxygens (including phenoxy) is 3. The van der Waals surface area contributed by atoms with Gasteiger partial charge in [0.2, 0.25) is 10.0 Å². The molecule has 0 saturated carbocycles. The zero-order chi connectivity index (χ0) is 30.1. The number of esters is 1. The Kier molecular flexibility index (Phi) is 8.51. The predicted molar refractivity (Wildman–Crippen MR) is 157 cm³/mol. The lowest BCUT2D eigenvalue weighted by Gasteiger charge is -2.29. The van der Waals surface area contributed by atoms with Crippen molar-refractivity contribution in [1.82, 2.24) is 9.62 Å². The number of carbonyl (C=O) groups is 2. The van der Waals surface area contributed by atoms with Crippen LogP contribution in [0.4, 0.5) is 10.5 Å². The molecular weight excluding hydrogens is 546 g/mol. The van der Waals surface area contributed by atoms with Crippen LogP contribution in [0.1, 0.15) is 49.2 Å². The first-order chi connectivity index (χ1) is 19.3. The first-order valence-corrected chi connectivity index (χ1v) is 14.7. The van der Waals surface area contributed by atoms with Gasteiger partial charge in [-0.25, -0.2) is 22.7 Å². The molecule has 0 spiro atoms. The van der Waals surface area contributed by atoms with E-state index in [0.717, 1.165) is 11.1 Å². The highest BCUT2D eigenvalue weighted by molar-refractivity contribution is 7.89. The van der Waals surface area contributed by atoms with Crippen molar-refractivity contribution < 1.29 is 32.2 Å². The van der Waals surface area contributed by atoms with Crippen LogP contribution in [-0.4, -0.2) is 71.9 Å². The highest BCUT2D eigenvalue weighted by Gasteiger charge is 2.40. The van der Waals surface area contributed by atoms with E-state index < -0.39 is 39.8 Å². The maximum absolute atomic E-state index is 13.8. The summed E-state index contributed by atoms with van der Waals surface area (Å²) in [6, 6.07) is 14.6. The summed E-state index contributed by atoms with van der Waals surface area (Å²) in [5.74, 6) is -0.267. The van der Waals surface area contributed by atoms with E-state index in [1.165, 1.54) is 19.1 Å². The summed E-state index contributed by atoms with van der Waals surface area (Å²) >= 11 is 0. The van der Waals surface area contributed by atoms with E-state index in [-0.39, 0.29) is 29.2 Å². The van der Waals surface area contributed by atoms with Crippen LogP contribution in [0, 0.1) is 0 Å². The Bertz CT molecular complexity index is 1560. The SMILES string of the molecule is COC(=O)c1ccc([C@@H]2C[C@H](NS(=O)(=O)c3cccc4c(N(C)C)cccc34)CN2C(=O)OC(C)(C)C)cc1OC. The van der Waals surface area contributed by atoms with Gasteiger partial charge in [-0.3, -0.25) is 4.90 Å². The maximum atomic E-state index is 13.8. The molecule has 0 unspecified atom stereocenters. The Hall–Kier alpha value is -3.83. The summed E-state index contributed by atoms with van der Waals surface area (Å²) in [5.41, 5.74) is 1.06. The molecule has 2 atom stereocenters. The summed E-state index contributed by atoms with van der Waals surface area (Å²) in [6.07, 6.45) is -0.284. The molecule has 1 amide bonds. The average molecular weight is 584 g/mol. The molecule has 3 aromatic rings. The largest absolute Gasteiger partial charge is 0.496 e. The third-order valence-electron chi connectivity index (χ3n) is 6.90. The molecule has 1 fully saturated rings. The van der Waals surface area contributed by atoms with Crippen LogP contribution in [0.15, 0.2) is 59.5 Å². The van der Waals surface area contributed by atoms with Gasteiger partial charge in [0.05, 0.1) is 25.2 Å². The smallest absolute Gasteiger partial charge is 0.410 e. The number of hydrogen-bond donors (Lipinski definition) is 1. The van der Waals surface area contributed by atoms with Crippen molar-refractivity contribution in [2.75, 3.05) is 39.8 Å². The molecule has 1 saturated heterocycles. The van der Waals surface area contributed by atoms with Crippen LogP contribution in [0.2, 0.25) is 0 Å². The molecule has 4 rings (SSSR count). The molecular formula is C30H37N3O7S. The van der Waals surface area contributed by atoms with Crippen LogP contribution in [0.3, 0.4) is 0 Å².